The molecule has 3 heterocycles. The Bertz CT molecular complexity index is 2820. The molecule has 0 saturated carbocycles. The zero-order chi connectivity index (χ0) is 46.5. The molecule has 1 aromatic heterocycles. The van der Waals surface area contributed by atoms with E-state index < -0.39 is 23.5 Å². The van der Waals surface area contributed by atoms with Crippen LogP contribution in [0.15, 0.2) is 97.1 Å². The van der Waals surface area contributed by atoms with E-state index in [-0.39, 0.29) is 46.9 Å². The molecule has 6 aromatic rings. The normalized spacial score (nSPS) is 14.7. The molecule has 2 aliphatic heterocycles. The predicted octanol–water partition coefficient (Wildman–Crippen LogP) is 7.92. The van der Waals surface area contributed by atoms with Gasteiger partial charge in [-0.2, -0.15) is 5.10 Å². The monoisotopic (exact) mass is 895 g/mol. The number of carbonyl (C=O) groups is 5. The van der Waals surface area contributed by atoms with Crippen LogP contribution in [0.2, 0.25) is 0 Å². The number of amides is 4. The maximum Gasteiger partial charge on any atom is 0.276 e. The molecule has 1 atom stereocenters. The fourth-order valence-electron chi connectivity index (χ4n) is 8.84. The van der Waals surface area contributed by atoms with E-state index in [1.54, 1.807) is 54.4 Å². The Morgan fingerprint density at radius 3 is 2.33 bits per heavy atom. The number of anilines is 3. The molecule has 4 amide bonds. The summed E-state index contributed by atoms with van der Waals surface area (Å²) in [5.41, 5.74) is 5.93. The van der Waals surface area contributed by atoms with Gasteiger partial charge < -0.3 is 35.3 Å². The fraction of sp³-hybridized carbons (Fsp3) is 0.294. The molecular weight excluding hydrogens is 845 g/mol. The number of nitrogens with zero attached hydrogens (tertiary/aromatic N) is 4. The number of halogens is 2. The Morgan fingerprint density at radius 2 is 1.64 bits per heavy atom. The maximum atomic E-state index is 17.1. The van der Waals surface area contributed by atoms with Gasteiger partial charge in [0.15, 0.2) is 5.69 Å². The van der Waals surface area contributed by atoms with Crippen molar-refractivity contribution in [3.63, 3.8) is 0 Å². The van der Waals surface area contributed by atoms with Gasteiger partial charge in [0.05, 0.1) is 29.3 Å². The van der Waals surface area contributed by atoms with Crippen molar-refractivity contribution < 1.29 is 37.5 Å². The summed E-state index contributed by atoms with van der Waals surface area (Å²) < 4.78 is 40.2. The van der Waals surface area contributed by atoms with Crippen LogP contribution in [0.4, 0.5) is 25.8 Å². The number of aromatic nitrogens is 2. The van der Waals surface area contributed by atoms with Crippen molar-refractivity contribution in [2.75, 3.05) is 48.8 Å². The highest BCUT2D eigenvalue weighted by molar-refractivity contribution is 6.12. The van der Waals surface area contributed by atoms with Gasteiger partial charge >= 0.3 is 0 Å². The van der Waals surface area contributed by atoms with E-state index in [9.17, 15) is 24.0 Å². The summed E-state index contributed by atoms with van der Waals surface area (Å²) in [6, 6.07) is 28.0. The molecule has 0 spiro atoms. The number of nitrogens with one attached hydrogen (secondary N) is 3. The molecule has 0 aliphatic carbocycles. The summed E-state index contributed by atoms with van der Waals surface area (Å²) in [6.07, 6.45) is 3.77. The second-order valence-corrected chi connectivity index (χ2v) is 16.6. The maximum absolute atomic E-state index is 17.1. The molecule has 2 fully saturated rings. The lowest BCUT2D eigenvalue weighted by Gasteiger charge is -2.34. The van der Waals surface area contributed by atoms with E-state index in [2.05, 4.69) is 21.0 Å². The Hall–Kier alpha value is -7.26. The molecule has 3 N–H and O–H groups in total. The summed E-state index contributed by atoms with van der Waals surface area (Å²) in [5.74, 6) is -2.72. The summed E-state index contributed by atoms with van der Waals surface area (Å²) in [6.45, 7) is 2.11. The molecule has 2 saturated heterocycles. The zero-order valence-corrected chi connectivity index (χ0v) is 37.0. The minimum atomic E-state index is -0.640. The van der Waals surface area contributed by atoms with Crippen LogP contribution < -0.4 is 25.8 Å². The molecule has 8 rings (SSSR count). The van der Waals surface area contributed by atoms with E-state index in [0.29, 0.717) is 96.8 Å². The van der Waals surface area contributed by atoms with E-state index in [1.807, 2.05) is 47.4 Å². The van der Waals surface area contributed by atoms with Gasteiger partial charge in [-0.25, -0.2) is 8.78 Å². The average Bonchev–Trinajstić information content (AvgIpc) is 3.93. The van der Waals surface area contributed by atoms with Crippen molar-refractivity contribution in [1.82, 2.24) is 20.4 Å². The molecule has 0 bridgehead atoms. The lowest BCUT2D eigenvalue weighted by atomic mass is 9.92. The van der Waals surface area contributed by atoms with Gasteiger partial charge in [-0.05, 0) is 108 Å². The first kappa shape index (κ1) is 45.3. The lowest BCUT2D eigenvalue weighted by Crippen LogP contribution is -2.37. The van der Waals surface area contributed by atoms with Gasteiger partial charge in [-0.3, -0.25) is 23.9 Å². The Balaban J connectivity index is 0.989. The van der Waals surface area contributed by atoms with Crippen LogP contribution in [0.25, 0.3) is 33.2 Å². The average molecular weight is 896 g/mol. The molecule has 66 heavy (non-hydrogen) atoms. The zero-order valence-electron chi connectivity index (χ0n) is 37.0. The third-order valence-corrected chi connectivity index (χ3v) is 12.5. The van der Waals surface area contributed by atoms with Crippen LogP contribution in [0, 0.1) is 11.6 Å². The minimum absolute atomic E-state index is 0.0215. The van der Waals surface area contributed by atoms with Crippen molar-refractivity contribution >= 4 is 57.9 Å². The van der Waals surface area contributed by atoms with Gasteiger partial charge in [0.1, 0.15) is 17.9 Å². The molecule has 15 heteroatoms. The number of benzene rings is 5. The molecular formula is C51H51F2N7O6. The summed E-state index contributed by atoms with van der Waals surface area (Å²) >= 11 is 0. The fourth-order valence-corrected chi connectivity index (χ4v) is 8.84. The SMILES string of the molecule is CNC(=O)CCC(C=O)c1ccc(N2CCC(OCc3ccc(-c4cc(N5CCCC5=O)ccc4-c4ccc5c(c(C(=O)Nc6cccc(C(=O)NC)c6)nn5C)c4F)cc3)CC2)c(F)c1. The number of hydrogen-bond acceptors (Lipinski definition) is 8. The van der Waals surface area contributed by atoms with E-state index in [0.717, 1.165) is 23.8 Å². The molecule has 0 radical (unpaired) electrons. The summed E-state index contributed by atoms with van der Waals surface area (Å²) in [7, 11) is 4.69. The summed E-state index contributed by atoms with van der Waals surface area (Å²) in [4.78, 5) is 66.0. The van der Waals surface area contributed by atoms with Crippen molar-refractivity contribution in [2.45, 2.75) is 57.2 Å². The van der Waals surface area contributed by atoms with Crippen LogP contribution in [-0.4, -0.2) is 79.5 Å². The van der Waals surface area contributed by atoms with Crippen LogP contribution >= 0.6 is 0 Å². The van der Waals surface area contributed by atoms with Crippen molar-refractivity contribution in [3.8, 4) is 22.3 Å². The van der Waals surface area contributed by atoms with Crippen molar-refractivity contribution in [2.24, 2.45) is 7.05 Å². The van der Waals surface area contributed by atoms with Crippen LogP contribution in [-0.2, 0) is 32.8 Å². The highest BCUT2D eigenvalue weighted by atomic mass is 19.1. The molecule has 340 valence electrons. The predicted molar refractivity (Wildman–Crippen MR) is 249 cm³/mol. The largest absolute Gasteiger partial charge is 0.373 e. The second kappa shape index (κ2) is 19.9. The highest BCUT2D eigenvalue weighted by Crippen LogP contribution is 2.40. The lowest BCUT2D eigenvalue weighted by molar-refractivity contribution is -0.121. The highest BCUT2D eigenvalue weighted by Gasteiger charge is 2.27. The Labute approximate surface area is 381 Å². The topological polar surface area (TPSA) is 155 Å². The standard InChI is InChI=1S/C51H51F2N7O6/c1-54-45(62)20-14-35(29-61)33-13-18-43(42(52)27-33)59-24-21-38(22-25-59)66-30-31-9-11-32(12-10-31)41-28-37(60-23-5-8-46(60)63)15-16-39(41)40-17-19-44-47(48(40)53)49(57-58(44)3)51(65)56-36-7-4-6-34(26-36)50(64)55-2/h4,6-7,9-13,15-19,26-29,35,38H,5,8,14,20-25,30H2,1-3H3,(H,54,62)(H,55,64)(H,56,65). The number of fused-ring (bicyclic) bond motifs is 1. The number of carbonyl (C=O) groups excluding carboxylic acids is 5. The van der Waals surface area contributed by atoms with E-state index >= 15 is 8.78 Å². The smallest absolute Gasteiger partial charge is 0.276 e. The number of hydrogen-bond donors (Lipinski definition) is 3. The van der Waals surface area contributed by atoms with Gasteiger partial charge in [0.2, 0.25) is 11.8 Å². The van der Waals surface area contributed by atoms with Gasteiger partial charge in [0, 0.05) is 82.0 Å². The van der Waals surface area contributed by atoms with Gasteiger partial charge in [-0.1, -0.05) is 42.5 Å². The first-order valence-electron chi connectivity index (χ1n) is 22.1. The second-order valence-electron chi connectivity index (χ2n) is 16.6. The third-order valence-electron chi connectivity index (χ3n) is 12.5. The quantitative estimate of drug-likeness (QED) is 0.0879. The Morgan fingerprint density at radius 1 is 0.864 bits per heavy atom. The first-order chi connectivity index (χ1) is 32.0. The van der Waals surface area contributed by atoms with Crippen LogP contribution in [0.3, 0.4) is 0 Å². The summed E-state index contributed by atoms with van der Waals surface area (Å²) in [5, 5.41) is 12.3. The Kier molecular flexibility index (Phi) is 13.6. The van der Waals surface area contributed by atoms with Crippen molar-refractivity contribution in [3.05, 3.63) is 131 Å². The number of piperidine rings is 1. The minimum Gasteiger partial charge on any atom is -0.373 e. The first-order valence-corrected chi connectivity index (χ1v) is 22.1. The molecule has 1 unspecified atom stereocenters. The van der Waals surface area contributed by atoms with E-state index in [1.165, 1.54) is 30.9 Å². The number of aldehydes is 1. The van der Waals surface area contributed by atoms with Gasteiger partial charge in [-0.15, -0.1) is 0 Å². The van der Waals surface area contributed by atoms with Crippen LogP contribution in [0.5, 0.6) is 0 Å². The van der Waals surface area contributed by atoms with E-state index in [4.69, 9.17) is 4.74 Å². The van der Waals surface area contributed by atoms with Gasteiger partial charge in [0.25, 0.3) is 11.8 Å². The number of ether oxygens (including phenoxy) is 1. The third kappa shape index (κ3) is 9.57. The molecule has 5 aromatic carbocycles. The molecule has 2 aliphatic rings. The number of aryl methyl sites for hydroxylation is 1. The van der Waals surface area contributed by atoms with Crippen molar-refractivity contribution in [1.29, 1.82) is 0 Å². The number of rotatable bonds is 15. The van der Waals surface area contributed by atoms with Crippen LogP contribution in [0.1, 0.15) is 76.4 Å². The molecule has 13 nitrogen and oxygen atoms in total.